The molecule has 2 nitrogen and oxygen atoms in total. The Hall–Kier alpha value is -0.920. The molecule has 0 radical (unpaired) electrons. The summed E-state index contributed by atoms with van der Waals surface area (Å²) in [7, 11) is 0. The first-order valence-electron chi connectivity index (χ1n) is 9.14. The lowest BCUT2D eigenvalue weighted by Gasteiger charge is -2.58. The minimum absolute atomic E-state index is 0.0352. The molecule has 0 aliphatic heterocycles. The van der Waals surface area contributed by atoms with Crippen molar-refractivity contribution in [3.8, 4) is 0 Å². The van der Waals surface area contributed by atoms with Gasteiger partial charge in [0.05, 0.1) is 0 Å². The van der Waals surface area contributed by atoms with Crippen LogP contribution in [-0.2, 0) is 9.59 Å². The maximum absolute atomic E-state index is 12.4. The Morgan fingerprint density at radius 1 is 1.05 bits per heavy atom. The van der Waals surface area contributed by atoms with E-state index in [4.69, 9.17) is 0 Å². The van der Waals surface area contributed by atoms with Crippen molar-refractivity contribution in [2.45, 2.75) is 65.7 Å². The molecule has 0 aromatic heterocycles. The van der Waals surface area contributed by atoms with Crippen LogP contribution in [0.3, 0.4) is 0 Å². The first kappa shape index (κ1) is 14.7. The smallest absolute Gasteiger partial charge is 0.155 e. The van der Waals surface area contributed by atoms with Crippen LogP contribution < -0.4 is 0 Å². The van der Waals surface area contributed by atoms with Crippen molar-refractivity contribution >= 4 is 11.6 Å². The molecule has 0 spiro atoms. The summed E-state index contributed by atoms with van der Waals surface area (Å²) in [6.07, 6.45) is 9.12. The van der Waals surface area contributed by atoms with Gasteiger partial charge in [0.1, 0.15) is 5.78 Å². The summed E-state index contributed by atoms with van der Waals surface area (Å²) < 4.78 is 0. The molecule has 120 valence electrons. The summed E-state index contributed by atoms with van der Waals surface area (Å²) in [6.45, 7) is 6.94. The number of allylic oxidation sites excluding steroid dienone is 1. The van der Waals surface area contributed by atoms with E-state index in [1.807, 2.05) is 6.08 Å². The Balaban J connectivity index is 1.73. The number of rotatable bonds is 0. The van der Waals surface area contributed by atoms with Gasteiger partial charge in [-0.2, -0.15) is 0 Å². The predicted octanol–water partition coefficient (Wildman–Crippen LogP) is 4.33. The zero-order chi connectivity index (χ0) is 15.7. The summed E-state index contributed by atoms with van der Waals surface area (Å²) in [5.41, 5.74) is 1.58. The fourth-order valence-electron chi connectivity index (χ4n) is 6.71. The second-order valence-corrected chi connectivity index (χ2v) is 8.86. The minimum atomic E-state index is -0.0352. The molecule has 0 heterocycles. The molecule has 0 amide bonds. The lowest BCUT2D eigenvalue weighted by Crippen LogP contribution is -2.53. The van der Waals surface area contributed by atoms with Crippen LogP contribution >= 0.6 is 0 Å². The molecule has 3 fully saturated rings. The Kier molecular flexibility index (Phi) is 3.03. The summed E-state index contributed by atoms with van der Waals surface area (Å²) in [4.78, 5) is 24.4. The fourth-order valence-corrected chi connectivity index (χ4v) is 6.71. The summed E-state index contributed by atoms with van der Waals surface area (Å²) >= 11 is 0. The number of carbonyl (C=O) groups is 2. The molecule has 6 unspecified atom stereocenters. The third-order valence-electron chi connectivity index (χ3n) is 8.22. The molecule has 0 aromatic rings. The van der Waals surface area contributed by atoms with Crippen LogP contribution in [-0.4, -0.2) is 11.6 Å². The van der Waals surface area contributed by atoms with Gasteiger partial charge in [0.15, 0.2) is 5.78 Å². The second kappa shape index (κ2) is 4.55. The van der Waals surface area contributed by atoms with Crippen LogP contribution in [0.5, 0.6) is 0 Å². The van der Waals surface area contributed by atoms with Crippen LogP contribution in [0.1, 0.15) is 65.7 Å². The number of hydrogen-bond acceptors (Lipinski definition) is 2. The molecule has 4 aliphatic rings. The number of hydrogen-bond donors (Lipinski definition) is 0. The van der Waals surface area contributed by atoms with Gasteiger partial charge in [0.2, 0.25) is 0 Å². The summed E-state index contributed by atoms with van der Waals surface area (Å²) in [5, 5.41) is 0. The van der Waals surface area contributed by atoms with Crippen LogP contribution in [0.2, 0.25) is 0 Å². The molecule has 4 aliphatic carbocycles. The van der Waals surface area contributed by atoms with E-state index in [9.17, 15) is 9.59 Å². The molecule has 4 rings (SSSR count). The van der Waals surface area contributed by atoms with Crippen molar-refractivity contribution in [1.29, 1.82) is 0 Å². The standard InChI is InChI=1S/C20H28O2/c1-12-10-14(21)11-13-4-5-15-16-6-7-18(22)19(16,2)9-8-17(15)20(12,13)3/h11-12,15-17H,4-10H2,1-3H3. The van der Waals surface area contributed by atoms with Crippen molar-refractivity contribution in [2.75, 3.05) is 0 Å². The number of carbonyl (C=O) groups excluding carboxylic acids is 2. The van der Waals surface area contributed by atoms with E-state index >= 15 is 0 Å². The largest absolute Gasteiger partial charge is 0.299 e. The van der Waals surface area contributed by atoms with Crippen LogP contribution in [0.4, 0.5) is 0 Å². The fraction of sp³-hybridized carbons (Fsp3) is 0.800. The van der Waals surface area contributed by atoms with Gasteiger partial charge >= 0.3 is 0 Å². The topological polar surface area (TPSA) is 34.1 Å². The number of fused-ring (bicyclic) bond motifs is 5. The Morgan fingerprint density at radius 3 is 2.59 bits per heavy atom. The van der Waals surface area contributed by atoms with E-state index in [2.05, 4.69) is 20.8 Å². The average molecular weight is 300 g/mol. The predicted molar refractivity (Wildman–Crippen MR) is 86.3 cm³/mol. The molecule has 0 aromatic carbocycles. The molecule has 0 bridgehead atoms. The van der Waals surface area contributed by atoms with Crippen LogP contribution in [0, 0.1) is 34.5 Å². The highest BCUT2D eigenvalue weighted by Gasteiger charge is 2.60. The number of Topliss-reactive ketones (excluding diaryl/α,β-unsaturated/α-hetero) is 1. The third kappa shape index (κ3) is 1.67. The van der Waals surface area contributed by atoms with E-state index in [0.29, 0.717) is 41.7 Å². The van der Waals surface area contributed by atoms with Crippen molar-refractivity contribution in [2.24, 2.45) is 34.5 Å². The van der Waals surface area contributed by atoms with E-state index in [-0.39, 0.29) is 10.8 Å². The van der Waals surface area contributed by atoms with Crippen molar-refractivity contribution < 1.29 is 9.59 Å². The van der Waals surface area contributed by atoms with Gasteiger partial charge < -0.3 is 0 Å². The molecular weight excluding hydrogens is 272 g/mol. The molecule has 3 saturated carbocycles. The normalized spacial score (nSPS) is 51.0. The zero-order valence-electron chi connectivity index (χ0n) is 14.2. The maximum Gasteiger partial charge on any atom is 0.155 e. The quantitative estimate of drug-likeness (QED) is 0.667. The lowest BCUT2D eigenvalue weighted by molar-refractivity contribution is -0.133. The van der Waals surface area contributed by atoms with Gasteiger partial charge in [-0.15, -0.1) is 0 Å². The second-order valence-electron chi connectivity index (χ2n) is 8.86. The minimum Gasteiger partial charge on any atom is -0.299 e. The van der Waals surface area contributed by atoms with E-state index in [1.165, 1.54) is 18.4 Å². The van der Waals surface area contributed by atoms with E-state index in [0.717, 1.165) is 25.7 Å². The van der Waals surface area contributed by atoms with Crippen molar-refractivity contribution in [3.63, 3.8) is 0 Å². The lowest BCUT2D eigenvalue weighted by atomic mass is 9.45. The Morgan fingerprint density at radius 2 is 1.82 bits per heavy atom. The third-order valence-corrected chi connectivity index (χ3v) is 8.22. The van der Waals surface area contributed by atoms with E-state index < -0.39 is 0 Å². The first-order chi connectivity index (χ1) is 10.4. The summed E-state index contributed by atoms with van der Waals surface area (Å²) in [6, 6.07) is 0. The highest BCUT2D eigenvalue weighted by atomic mass is 16.1. The number of ketones is 2. The SMILES string of the molecule is CC1CC(=O)C=C2CCC3C4CCC(=O)C4(C)CCC3C21C. The van der Waals surface area contributed by atoms with Gasteiger partial charge in [-0.3, -0.25) is 9.59 Å². The molecule has 6 atom stereocenters. The molecule has 0 N–H and O–H groups in total. The van der Waals surface area contributed by atoms with E-state index in [1.54, 1.807) is 0 Å². The van der Waals surface area contributed by atoms with Gasteiger partial charge in [0.25, 0.3) is 0 Å². The highest BCUT2D eigenvalue weighted by Crippen LogP contribution is 2.65. The van der Waals surface area contributed by atoms with Crippen LogP contribution in [0.25, 0.3) is 0 Å². The molecule has 2 heteroatoms. The van der Waals surface area contributed by atoms with Gasteiger partial charge in [0, 0.05) is 18.3 Å². The van der Waals surface area contributed by atoms with Gasteiger partial charge in [-0.1, -0.05) is 26.3 Å². The average Bonchev–Trinajstić information content (AvgIpc) is 2.77. The van der Waals surface area contributed by atoms with Crippen LogP contribution in [0.15, 0.2) is 11.6 Å². The van der Waals surface area contributed by atoms with Gasteiger partial charge in [-0.25, -0.2) is 0 Å². The zero-order valence-corrected chi connectivity index (χ0v) is 14.2. The highest BCUT2D eigenvalue weighted by molar-refractivity contribution is 5.92. The Labute approximate surface area is 133 Å². The summed E-state index contributed by atoms with van der Waals surface area (Å²) in [5.74, 6) is 3.28. The van der Waals surface area contributed by atoms with Crippen molar-refractivity contribution in [1.82, 2.24) is 0 Å². The molecule has 0 saturated heterocycles. The monoisotopic (exact) mass is 300 g/mol. The van der Waals surface area contributed by atoms with Crippen molar-refractivity contribution in [3.05, 3.63) is 11.6 Å². The molecule has 22 heavy (non-hydrogen) atoms. The van der Waals surface area contributed by atoms with Gasteiger partial charge in [-0.05, 0) is 67.3 Å². The molecular formula is C20H28O2. The maximum atomic E-state index is 12.4. The first-order valence-corrected chi connectivity index (χ1v) is 9.14. The Bertz CT molecular complexity index is 574.